The standard InChI is InChI=1S/C14H21ClN2O2/c1-11(18)7-9-17(2)10-8-14(19)16-13-5-3-12(15)4-6-13/h3-6,11,18H,7-10H2,1-2H3,(H,16,19). The summed E-state index contributed by atoms with van der Waals surface area (Å²) >= 11 is 5.77. The van der Waals surface area contributed by atoms with Crippen LogP contribution in [-0.4, -0.2) is 42.2 Å². The fraction of sp³-hybridized carbons (Fsp3) is 0.500. The first-order valence-corrected chi connectivity index (χ1v) is 6.77. The quantitative estimate of drug-likeness (QED) is 0.808. The van der Waals surface area contributed by atoms with Crippen molar-refractivity contribution < 1.29 is 9.90 Å². The van der Waals surface area contributed by atoms with Gasteiger partial charge in [-0.3, -0.25) is 4.79 Å². The van der Waals surface area contributed by atoms with Crippen molar-refractivity contribution in [2.24, 2.45) is 0 Å². The van der Waals surface area contributed by atoms with E-state index in [9.17, 15) is 9.90 Å². The molecule has 0 aromatic heterocycles. The van der Waals surface area contributed by atoms with E-state index >= 15 is 0 Å². The number of amides is 1. The number of aliphatic hydroxyl groups is 1. The molecule has 0 aliphatic rings. The highest BCUT2D eigenvalue weighted by molar-refractivity contribution is 6.30. The Bertz CT molecular complexity index is 393. The molecule has 1 atom stereocenters. The third kappa shape index (κ3) is 7.15. The summed E-state index contributed by atoms with van der Waals surface area (Å²) in [5.41, 5.74) is 0.751. The van der Waals surface area contributed by atoms with Crippen molar-refractivity contribution in [3.05, 3.63) is 29.3 Å². The maximum atomic E-state index is 11.7. The van der Waals surface area contributed by atoms with E-state index in [0.29, 0.717) is 18.0 Å². The minimum Gasteiger partial charge on any atom is -0.393 e. The lowest BCUT2D eigenvalue weighted by Gasteiger charge is -2.17. The van der Waals surface area contributed by atoms with Crippen LogP contribution in [0.3, 0.4) is 0 Å². The fourth-order valence-electron chi connectivity index (χ4n) is 1.57. The summed E-state index contributed by atoms with van der Waals surface area (Å²) in [5.74, 6) is -0.0220. The van der Waals surface area contributed by atoms with Gasteiger partial charge < -0.3 is 15.3 Å². The Hall–Kier alpha value is -1.10. The molecule has 1 unspecified atom stereocenters. The summed E-state index contributed by atoms with van der Waals surface area (Å²) in [6.45, 7) is 3.22. The highest BCUT2D eigenvalue weighted by Gasteiger charge is 2.06. The van der Waals surface area contributed by atoms with Crippen LogP contribution in [0.15, 0.2) is 24.3 Å². The van der Waals surface area contributed by atoms with Gasteiger partial charge in [0.15, 0.2) is 0 Å². The summed E-state index contributed by atoms with van der Waals surface area (Å²) in [6, 6.07) is 7.03. The molecule has 5 heteroatoms. The van der Waals surface area contributed by atoms with E-state index in [-0.39, 0.29) is 12.0 Å². The molecule has 19 heavy (non-hydrogen) atoms. The predicted octanol–water partition coefficient (Wildman–Crippen LogP) is 2.37. The molecule has 1 aromatic rings. The first-order chi connectivity index (χ1) is 8.97. The molecule has 0 fully saturated rings. The minimum atomic E-state index is -0.301. The number of aliphatic hydroxyl groups excluding tert-OH is 1. The Balaban J connectivity index is 2.26. The molecule has 1 rings (SSSR count). The third-order valence-electron chi connectivity index (χ3n) is 2.78. The van der Waals surface area contributed by atoms with Gasteiger partial charge in [0.05, 0.1) is 6.10 Å². The molecule has 0 aliphatic heterocycles. The number of carbonyl (C=O) groups excluding carboxylic acids is 1. The normalized spacial score (nSPS) is 12.5. The van der Waals surface area contributed by atoms with E-state index in [1.54, 1.807) is 31.2 Å². The molecule has 1 aromatic carbocycles. The van der Waals surface area contributed by atoms with Crippen molar-refractivity contribution in [2.45, 2.75) is 25.9 Å². The number of benzene rings is 1. The molecular weight excluding hydrogens is 264 g/mol. The number of hydrogen-bond donors (Lipinski definition) is 2. The van der Waals surface area contributed by atoms with Crippen molar-refractivity contribution in [1.29, 1.82) is 0 Å². The van der Waals surface area contributed by atoms with Crippen LogP contribution < -0.4 is 5.32 Å². The molecule has 0 saturated carbocycles. The van der Waals surface area contributed by atoms with Crippen LogP contribution in [0.5, 0.6) is 0 Å². The summed E-state index contributed by atoms with van der Waals surface area (Å²) in [7, 11) is 1.94. The topological polar surface area (TPSA) is 52.6 Å². The van der Waals surface area contributed by atoms with Crippen LogP contribution >= 0.6 is 11.6 Å². The SMILES string of the molecule is CC(O)CCN(C)CCC(=O)Nc1ccc(Cl)cc1. The van der Waals surface area contributed by atoms with Gasteiger partial charge in [-0.1, -0.05) is 11.6 Å². The molecule has 1 amide bonds. The Kier molecular flexibility index (Phi) is 6.84. The number of rotatable bonds is 7. The lowest BCUT2D eigenvalue weighted by Crippen LogP contribution is -2.26. The van der Waals surface area contributed by atoms with E-state index in [4.69, 9.17) is 11.6 Å². The zero-order chi connectivity index (χ0) is 14.3. The second-order valence-electron chi connectivity index (χ2n) is 4.75. The molecule has 0 bridgehead atoms. The van der Waals surface area contributed by atoms with E-state index in [2.05, 4.69) is 5.32 Å². The van der Waals surface area contributed by atoms with Crippen LogP contribution in [0, 0.1) is 0 Å². The maximum absolute atomic E-state index is 11.7. The molecule has 0 spiro atoms. The van der Waals surface area contributed by atoms with Gasteiger partial charge in [0.1, 0.15) is 0 Å². The average molecular weight is 285 g/mol. The van der Waals surface area contributed by atoms with E-state index in [1.807, 2.05) is 11.9 Å². The fourth-order valence-corrected chi connectivity index (χ4v) is 1.69. The number of carbonyl (C=O) groups is 1. The number of nitrogens with zero attached hydrogens (tertiary/aromatic N) is 1. The Morgan fingerprint density at radius 3 is 2.58 bits per heavy atom. The molecule has 0 heterocycles. The molecule has 2 N–H and O–H groups in total. The van der Waals surface area contributed by atoms with Crippen LogP contribution in [0.1, 0.15) is 19.8 Å². The lowest BCUT2D eigenvalue weighted by atomic mass is 10.2. The molecule has 106 valence electrons. The Morgan fingerprint density at radius 2 is 2.00 bits per heavy atom. The van der Waals surface area contributed by atoms with Crippen LogP contribution in [0.2, 0.25) is 5.02 Å². The van der Waals surface area contributed by atoms with Gasteiger partial charge in [0.2, 0.25) is 5.91 Å². The van der Waals surface area contributed by atoms with E-state index < -0.39 is 0 Å². The van der Waals surface area contributed by atoms with Gasteiger partial charge in [-0.25, -0.2) is 0 Å². The molecule has 0 saturated heterocycles. The van der Waals surface area contributed by atoms with Crippen LogP contribution in [0.25, 0.3) is 0 Å². The van der Waals surface area contributed by atoms with Crippen molar-refractivity contribution in [3.8, 4) is 0 Å². The van der Waals surface area contributed by atoms with Gasteiger partial charge in [-0.05, 0) is 44.7 Å². The predicted molar refractivity (Wildman–Crippen MR) is 78.5 cm³/mol. The van der Waals surface area contributed by atoms with E-state index in [1.165, 1.54) is 0 Å². The summed E-state index contributed by atoms with van der Waals surface area (Å²) in [6.07, 6.45) is 0.846. The number of halogens is 1. The lowest BCUT2D eigenvalue weighted by molar-refractivity contribution is -0.116. The second-order valence-corrected chi connectivity index (χ2v) is 5.18. The molecule has 0 radical (unpaired) electrons. The zero-order valence-electron chi connectivity index (χ0n) is 11.4. The van der Waals surface area contributed by atoms with Crippen LogP contribution in [-0.2, 0) is 4.79 Å². The van der Waals surface area contributed by atoms with Crippen molar-refractivity contribution in [2.75, 3.05) is 25.5 Å². The van der Waals surface area contributed by atoms with Gasteiger partial charge in [0.25, 0.3) is 0 Å². The zero-order valence-corrected chi connectivity index (χ0v) is 12.2. The Morgan fingerprint density at radius 1 is 1.37 bits per heavy atom. The van der Waals surface area contributed by atoms with Gasteiger partial charge in [-0.2, -0.15) is 0 Å². The maximum Gasteiger partial charge on any atom is 0.225 e. The molecule has 0 aliphatic carbocycles. The van der Waals surface area contributed by atoms with E-state index in [0.717, 1.165) is 18.7 Å². The highest BCUT2D eigenvalue weighted by Crippen LogP contribution is 2.13. The van der Waals surface area contributed by atoms with Crippen molar-refractivity contribution >= 4 is 23.2 Å². The smallest absolute Gasteiger partial charge is 0.225 e. The van der Waals surface area contributed by atoms with Crippen molar-refractivity contribution in [1.82, 2.24) is 4.90 Å². The Labute approximate surface area is 119 Å². The summed E-state index contributed by atoms with van der Waals surface area (Å²) < 4.78 is 0. The van der Waals surface area contributed by atoms with Crippen LogP contribution in [0.4, 0.5) is 5.69 Å². The van der Waals surface area contributed by atoms with Gasteiger partial charge in [-0.15, -0.1) is 0 Å². The first kappa shape index (κ1) is 16.0. The number of anilines is 1. The molecular formula is C14H21ClN2O2. The third-order valence-corrected chi connectivity index (χ3v) is 3.03. The highest BCUT2D eigenvalue weighted by atomic mass is 35.5. The number of nitrogens with one attached hydrogen (secondary N) is 1. The second kappa shape index (κ2) is 8.15. The largest absolute Gasteiger partial charge is 0.393 e. The minimum absolute atomic E-state index is 0.0220. The monoisotopic (exact) mass is 284 g/mol. The number of hydrogen-bond acceptors (Lipinski definition) is 3. The average Bonchev–Trinajstić information content (AvgIpc) is 2.36. The summed E-state index contributed by atoms with van der Waals surface area (Å²) in [5, 5.41) is 12.6. The first-order valence-electron chi connectivity index (χ1n) is 6.39. The summed E-state index contributed by atoms with van der Waals surface area (Å²) in [4.78, 5) is 13.8. The van der Waals surface area contributed by atoms with Crippen molar-refractivity contribution in [3.63, 3.8) is 0 Å². The van der Waals surface area contributed by atoms with Gasteiger partial charge >= 0.3 is 0 Å². The van der Waals surface area contributed by atoms with Gasteiger partial charge in [0, 0.05) is 30.2 Å². The molecule has 4 nitrogen and oxygen atoms in total.